The van der Waals surface area contributed by atoms with Crippen molar-refractivity contribution in [2.45, 2.75) is 0 Å². The second kappa shape index (κ2) is 5.50. The van der Waals surface area contributed by atoms with E-state index in [1.54, 1.807) is 0 Å². The van der Waals surface area contributed by atoms with Gasteiger partial charge in [-0.25, -0.2) is 4.39 Å². The Morgan fingerprint density at radius 3 is 2.33 bits per heavy atom. The summed E-state index contributed by atoms with van der Waals surface area (Å²) in [5.74, 6) is -1.55. The van der Waals surface area contributed by atoms with Crippen LogP contribution in [0.15, 0.2) is 24.3 Å². The standard InChI is InChI=1S/C10H9FO3S/c11-8-3-1-7(2-4-8)9(12)5-15-6-10(13)14/h1-4H,5-6H2,(H,13,14). The summed E-state index contributed by atoms with van der Waals surface area (Å²) in [4.78, 5) is 21.6. The van der Waals surface area contributed by atoms with Gasteiger partial charge in [0.2, 0.25) is 0 Å². The van der Waals surface area contributed by atoms with E-state index in [0.717, 1.165) is 11.8 Å². The predicted octanol–water partition coefficient (Wildman–Crippen LogP) is 1.83. The molecule has 15 heavy (non-hydrogen) atoms. The molecule has 0 saturated heterocycles. The van der Waals surface area contributed by atoms with Crippen LogP contribution >= 0.6 is 11.8 Å². The molecule has 0 spiro atoms. The van der Waals surface area contributed by atoms with Gasteiger partial charge in [-0.05, 0) is 24.3 Å². The molecule has 0 aliphatic heterocycles. The summed E-state index contributed by atoms with van der Waals surface area (Å²) < 4.78 is 12.5. The van der Waals surface area contributed by atoms with Gasteiger partial charge in [0.25, 0.3) is 0 Å². The molecule has 0 aliphatic rings. The van der Waals surface area contributed by atoms with Crippen molar-refractivity contribution < 1.29 is 19.1 Å². The summed E-state index contributed by atoms with van der Waals surface area (Å²) >= 11 is 1.03. The van der Waals surface area contributed by atoms with Crippen LogP contribution in [-0.2, 0) is 4.79 Å². The largest absolute Gasteiger partial charge is 0.481 e. The van der Waals surface area contributed by atoms with Gasteiger partial charge in [-0.1, -0.05) is 0 Å². The minimum absolute atomic E-state index is 0.0952. The van der Waals surface area contributed by atoms with E-state index < -0.39 is 11.8 Å². The van der Waals surface area contributed by atoms with E-state index >= 15 is 0 Å². The number of thioether (sulfide) groups is 1. The van der Waals surface area contributed by atoms with Crippen molar-refractivity contribution in [3.8, 4) is 0 Å². The van der Waals surface area contributed by atoms with E-state index in [0.29, 0.717) is 5.56 Å². The van der Waals surface area contributed by atoms with Gasteiger partial charge in [-0.2, -0.15) is 0 Å². The molecule has 0 amide bonds. The van der Waals surface area contributed by atoms with Crippen LogP contribution in [-0.4, -0.2) is 28.4 Å². The van der Waals surface area contributed by atoms with Crippen molar-refractivity contribution in [1.82, 2.24) is 0 Å². The van der Waals surface area contributed by atoms with Gasteiger partial charge in [0.05, 0.1) is 11.5 Å². The highest BCUT2D eigenvalue weighted by Gasteiger charge is 2.07. The van der Waals surface area contributed by atoms with E-state index in [4.69, 9.17) is 5.11 Å². The van der Waals surface area contributed by atoms with Crippen LogP contribution in [0.5, 0.6) is 0 Å². The maximum Gasteiger partial charge on any atom is 0.313 e. The third-order valence-corrected chi connectivity index (χ3v) is 2.54. The van der Waals surface area contributed by atoms with Crippen molar-refractivity contribution in [2.24, 2.45) is 0 Å². The average molecular weight is 228 g/mol. The molecule has 1 aromatic rings. The Morgan fingerprint density at radius 2 is 1.80 bits per heavy atom. The third kappa shape index (κ3) is 4.12. The minimum atomic E-state index is -0.952. The zero-order chi connectivity index (χ0) is 11.3. The van der Waals surface area contributed by atoms with E-state index in [2.05, 4.69) is 0 Å². The van der Waals surface area contributed by atoms with E-state index in [-0.39, 0.29) is 17.3 Å². The topological polar surface area (TPSA) is 54.4 Å². The summed E-state index contributed by atoms with van der Waals surface area (Å²) in [6.07, 6.45) is 0. The van der Waals surface area contributed by atoms with Crippen LogP contribution in [0.4, 0.5) is 4.39 Å². The van der Waals surface area contributed by atoms with Crippen molar-refractivity contribution in [3.63, 3.8) is 0 Å². The highest BCUT2D eigenvalue weighted by atomic mass is 32.2. The number of carbonyl (C=O) groups excluding carboxylic acids is 1. The minimum Gasteiger partial charge on any atom is -0.481 e. The monoisotopic (exact) mass is 228 g/mol. The second-order valence-corrected chi connectivity index (χ2v) is 3.80. The quantitative estimate of drug-likeness (QED) is 0.781. The second-order valence-electron chi connectivity index (χ2n) is 2.82. The molecule has 3 nitrogen and oxygen atoms in total. The first-order chi connectivity index (χ1) is 7.09. The maximum atomic E-state index is 12.5. The normalized spacial score (nSPS) is 9.93. The summed E-state index contributed by atoms with van der Waals surface area (Å²) in [6, 6.07) is 5.18. The Morgan fingerprint density at radius 1 is 1.20 bits per heavy atom. The summed E-state index contributed by atoms with van der Waals surface area (Å²) in [6.45, 7) is 0. The number of ketones is 1. The molecule has 0 saturated carbocycles. The van der Waals surface area contributed by atoms with Crippen LogP contribution in [0.25, 0.3) is 0 Å². The maximum absolute atomic E-state index is 12.5. The average Bonchev–Trinajstić information content (AvgIpc) is 2.18. The van der Waals surface area contributed by atoms with Crippen molar-refractivity contribution in [1.29, 1.82) is 0 Å². The molecule has 0 bridgehead atoms. The van der Waals surface area contributed by atoms with Gasteiger partial charge in [-0.3, -0.25) is 9.59 Å². The molecule has 0 radical (unpaired) electrons. The van der Waals surface area contributed by atoms with Crippen molar-refractivity contribution in [2.75, 3.05) is 11.5 Å². The van der Waals surface area contributed by atoms with Crippen LogP contribution in [0.1, 0.15) is 10.4 Å². The molecule has 0 atom stereocenters. The van der Waals surface area contributed by atoms with Crippen LogP contribution < -0.4 is 0 Å². The summed E-state index contributed by atoms with van der Waals surface area (Å²) in [7, 11) is 0. The van der Waals surface area contributed by atoms with E-state index in [1.807, 2.05) is 0 Å². The first kappa shape index (κ1) is 11.7. The molecule has 80 valence electrons. The molecule has 0 aliphatic carbocycles. The highest BCUT2D eigenvalue weighted by Crippen LogP contribution is 2.08. The Bertz CT molecular complexity index is 361. The highest BCUT2D eigenvalue weighted by molar-refractivity contribution is 8.00. The number of carboxylic acids is 1. The lowest BCUT2D eigenvalue weighted by atomic mass is 10.1. The molecule has 0 unspecified atom stereocenters. The number of rotatable bonds is 5. The fourth-order valence-corrected chi connectivity index (χ4v) is 1.58. The third-order valence-electron chi connectivity index (χ3n) is 1.62. The zero-order valence-electron chi connectivity index (χ0n) is 7.77. The smallest absolute Gasteiger partial charge is 0.313 e. The van der Waals surface area contributed by atoms with Gasteiger partial charge < -0.3 is 5.11 Å². The SMILES string of the molecule is O=C(O)CSCC(=O)c1ccc(F)cc1. The number of Topliss-reactive ketones (excluding diaryl/α,β-unsaturated/α-hetero) is 1. The molecular formula is C10H9FO3S. The Balaban J connectivity index is 2.47. The number of aliphatic carboxylic acids is 1. The van der Waals surface area contributed by atoms with E-state index in [9.17, 15) is 14.0 Å². The number of hydrogen-bond acceptors (Lipinski definition) is 3. The van der Waals surface area contributed by atoms with Gasteiger partial charge in [-0.15, -0.1) is 11.8 Å². The zero-order valence-corrected chi connectivity index (χ0v) is 8.59. The van der Waals surface area contributed by atoms with E-state index in [1.165, 1.54) is 24.3 Å². The fraction of sp³-hybridized carbons (Fsp3) is 0.200. The van der Waals surface area contributed by atoms with Crippen LogP contribution in [0, 0.1) is 5.82 Å². The predicted molar refractivity (Wildman–Crippen MR) is 55.7 cm³/mol. The van der Waals surface area contributed by atoms with Gasteiger partial charge >= 0.3 is 5.97 Å². The van der Waals surface area contributed by atoms with Gasteiger partial charge in [0.1, 0.15) is 5.82 Å². The van der Waals surface area contributed by atoms with Gasteiger partial charge in [0, 0.05) is 5.56 Å². The summed E-state index contributed by atoms with van der Waals surface area (Å²) in [5.41, 5.74) is 0.397. The lowest BCUT2D eigenvalue weighted by Crippen LogP contribution is -2.06. The van der Waals surface area contributed by atoms with Gasteiger partial charge in [0.15, 0.2) is 5.78 Å². The molecular weight excluding hydrogens is 219 g/mol. The lowest BCUT2D eigenvalue weighted by Gasteiger charge is -1.99. The molecule has 1 N–H and O–H groups in total. The Kier molecular flexibility index (Phi) is 4.30. The molecule has 5 heteroatoms. The van der Waals surface area contributed by atoms with Crippen LogP contribution in [0.2, 0.25) is 0 Å². The molecule has 1 rings (SSSR count). The van der Waals surface area contributed by atoms with Crippen LogP contribution in [0.3, 0.4) is 0 Å². The number of carbonyl (C=O) groups is 2. The fourth-order valence-electron chi connectivity index (χ4n) is 0.950. The van der Waals surface area contributed by atoms with Crippen molar-refractivity contribution >= 4 is 23.5 Å². The number of halogens is 1. The number of benzene rings is 1. The Labute approximate surface area is 90.3 Å². The first-order valence-corrected chi connectivity index (χ1v) is 5.33. The molecule has 1 aromatic carbocycles. The summed E-state index contributed by atoms with van der Waals surface area (Å²) in [5, 5.41) is 8.35. The Hall–Kier alpha value is -1.36. The van der Waals surface area contributed by atoms with Crippen molar-refractivity contribution in [3.05, 3.63) is 35.6 Å². The number of carboxylic acid groups (broad SMARTS) is 1. The number of hydrogen-bond donors (Lipinski definition) is 1. The first-order valence-electron chi connectivity index (χ1n) is 4.18. The molecule has 0 aromatic heterocycles. The molecule has 0 fully saturated rings. The lowest BCUT2D eigenvalue weighted by molar-refractivity contribution is -0.133. The molecule has 0 heterocycles.